The average Bonchev–Trinajstić information content (AvgIpc) is 2.65. The van der Waals surface area contributed by atoms with Crippen LogP contribution < -0.4 is 5.32 Å². The Kier molecular flexibility index (Phi) is 4.38. The molecule has 0 saturated carbocycles. The first-order valence-corrected chi connectivity index (χ1v) is 5.26. The van der Waals surface area contributed by atoms with Crippen molar-refractivity contribution in [3.05, 3.63) is 23.7 Å². The predicted octanol–water partition coefficient (Wildman–Crippen LogP) is 1.44. The van der Waals surface area contributed by atoms with E-state index >= 15 is 0 Å². The molecule has 0 spiro atoms. The monoisotopic (exact) mass is 244 g/mol. The van der Waals surface area contributed by atoms with Crippen LogP contribution in [0.25, 0.3) is 0 Å². The summed E-state index contributed by atoms with van der Waals surface area (Å²) in [5, 5.41) is 3.25. The summed E-state index contributed by atoms with van der Waals surface area (Å²) in [4.78, 5) is 13.9. The quantitative estimate of drug-likeness (QED) is 0.813. The van der Waals surface area contributed by atoms with Gasteiger partial charge in [0.15, 0.2) is 5.76 Å². The van der Waals surface area contributed by atoms with Gasteiger partial charge in [0.2, 0.25) is 0 Å². The van der Waals surface area contributed by atoms with Gasteiger partial charge in [0.05, 0.1) is 0 Å². The van der Waals surface area contributed by atoms with Crippen molar-refractivity contribution in [2.24, 2.45) is 0 Å². The normalized spacial score (nSPS) is 20.4. The third-order valence-corrected chi connectivity index (χ3v) is 2.71. The molecule has 1 aliphatic rings. The molecule has 0 unspecified atom stereocenters. The first-order valence-electron chi connectivity index (χ1n) is 5.26. The maximum atomic E-state index is 12.0. The van der Waals surface area contributed by atoms with Crippen molar-refractivity contribution >= 4 is 18.3 Å². The number of rotatable bonds is 1. The Morgan fingerprint density at radius 1 is 1.56 bits per heavy atom. The number of amides is 1. The van der Waals surface area contributed by atoms with Crippen molar-refractivity contribution in [3.63, 3.8) is 0 Å². The van der Waals surface area contributed by atoms with Crippen molar-refractivity contribution < 1.29 is 9.21 Å². The van der Waals surface area contributed by atoms with Gasteiger partial charge in [0, 0.05) is 25.7 Å². The number of carbonyl (C=O) groups excluding carboxylic acids is 1. The molecule has 5 heteroatoms. The third-order valence-electron chi connectivity index (χ3n) is 2.71. The molecule has 1 aliphatic heterocycles. The Morgan fingerprint density at radius 2 is 2.31 bits per heavy atom. The number of nitrogens with zero attached hydrogens (tertiary/aromatic N) is 1. The molecule has 1 fully saturated rings. The summed E-state index contributed by atoms with van der Waals surface area (Å²) in [5.41, 5.74) is 0. The minimum atomic E-state index is -0.00269. The molecule has 1 saturated heterocycles. The summed E-state index contributed by atoms with van der Waals surface area (Å²) in [5.74, 6) is 1.22. The second-order valence-corrected chi connectivity index (χ2v) is 3.96. The Bertz CT molecular complexity index is 365. The molecule has 1 amide bonds. The molecular formula is C11H17ClN2O2. The average molecular weight is 245 g/mol. The van der Waals surface area contributed by atoms with E-state index in [2.05, 4.69) is 5.32 Å². The summed E-state index contributed by atoms with van der Waals surface area (Å²) >= 11 is 0. The number of hydrogen-bond donors (Lipinski definition) is 1. The van der Waals surface area contributed by atoms with E-state index in [0.717, 1.165) is 25.4 Å². The minimum Gasteiger partial charge on any atom is -0.456 e. The van der Waals surface area contributed by atoms with E-state index in [1.807, 2.05) is 24.8 Å². The van der Waals surface area contributed by atoms with Crippen LogP contribution in [0.4, 0.5) is 0 Å². The summed E-state index contributed by atoms with van der Waals surface area (Å²) in [7, 11) is 0. The standard InChI is InChI=1S/C11H16N2O2.ClH/c1-8-7-12-5-6-13(8)11(14)10-4-3-9(2)15-10;/h3-4,8,12H,5-7H2,1-2H3;1H/t8-;/m1./s1. The predicted molar refractivity (Wildman–Crippen MR) is 64.1 cm³/mol. The van der Waals surface area contributed by atoms with E-state index in [1.165, 1.54) is 0 Å². The number of aryl methyl sites for hydroxylation is 1. The van der Waals surface area contributed by atoms with Crippen LogP contribution in [0.1, 0.15) is 23.2 Å². The van der Waals surface area contributed by atoms with Crippen molar-refractivity contribution in [3.8, 4) is 0 Å². The largest absolute Gasteiger partial charge is 0.456 e. The second-order valence-electron chi connectivity index (χ2n) is 3.96. The summed E-state index contributed by atoms with van der Waals surface area (Å²) in [6, 6.07) is 3.80. The smallest absolute Gasteiger partial charge is 0.289 e. The number of piperazine rings is 1. The van der Waals surface area contributed by atoms with Crippen LogP contribution in [0.5, 0.6) is 0 Å². The lowest BCUT2D eigenvalue weighted by atomic mass is 10.2. The lowest BCUT2D eigenvalue weighted by molar-refractivity contribution is 0.0622. The van der Waals surface area contributed by atoms with Gasteiger partial charge in [-0.2, -0.15) is 0 Å². The van der Waals surface area contributed by atoms with Crippen molar-refractivity contribution in [2.45, 2.75) is 19.9 Å². The number of furan rings is 1. The fourth-order valence-electron chi connectivity index (χ4n) is 1.83. The highest BCUT2D eigenvalue weighted by Gasteiger charge is 2.25. The molecule has 1 atom stereocenters. The van der Waals surface area contributed by atoms with Gasteiger partial charge in [0.25, 0.3) is 5.91 Å². The van der Waals surface area contributed by atoms with E-state index in [1.54, 1.807) is 6.07 Å². The topological polar surface area (TPSA) is 45.5 Å². The highest BCUT2D eigenvalue weighted by atomic mass is 35.5. The summed E-state index contributed by atoms with van der Waals surface area (Å²) < 4.78 is 5.34. The first-order chi connectivity index (χ1) is 7.18. The third kappa shape index (κ3) is 2.57. The van der Waals surface area contributed by atoms with E-state index in [-0.39, 0.29) is 24.4 Å². The zero-order chi connectivity index (χ0) is 10.8. The molecule has 4 nitrogen and oxygen atoms in total. The first kappa shape index (κ1) is 13.1. The van der Waals surface area contributed by atoms with Crippen LogP contribution in [0, 0.1) is 6.92 Å². The highest BCUT2D eigenvalue weighted by molar-refractivity contribution is 5.91. The van der Waals surface area contributed by atoms with Gasteiger partial charge in [-0.3, -0.25) is 4.79 Å². The van der Waals surface area contributed by atoms with E-state index < -0.39 is 0 Å². The molecular weight excluding hydrogens is 228 g/mol. The van der Waals surface area contributed by atoms with Gasteiger partial charge in [-0.15, -0.1) is 12.4 Å². The molecule has 0 bridgehead atoms. The fourth-order valence-corrected chi connectivity index (χ4v) is 1.83. The maximum Gasteiger partial charge on any atom is 0.289 e. The molecule has 2 rings (SSSR count). The highest BCUT2D eigenvalue weighted by Crippen LogP contribution is 2.12. The van der Waals surface area contributed by atoms with Gasteiger partial charge >= 0.3 is 0 Å². The van der Waals surface area contributed by atoms with Gasteiger partial charge < -0.3 is 14.6 Å². The molecule has 16 heavy (non-hydrogen) atoms. The second kappa shape index (κ2) is 5.37. The molecule has 0 aromatic carbocycles. The van der Waals surface area contributed by atoms with Crippen molar-refractivity contribution in [1.29, 1.82) is 0 Å². The number of nitrogens with one attached hydrogen (secondary N) is 1. The zero-order valence-corrected chi connectivity index (χ0v) is 10.3. The van der Waals surface area contributed by atoms with E-state index in [0.29, 0.717) is 5.76 Å². The molecule has 1 aromatic heterocycles. The van der Waals surface area contributed by atoms with Gasteiger partial charge in [0.1, 0.15) is 5.76 Å². The van der Waals surface area contributed by atoms with Crippen LogP contribution in [0.15, 0.2) is 16.5 Å². The van der Waals surface area contributed by atoms with Crippen LogP contribution in [-0.4, -0.2) is 36.5 Å². The van der Waals surface area contributed by atoms with Gasteiger partial charge in [-0.1, -0.05) is 0 Å². The molecule has 90 valence electrons. The van der Waals surface area contributed by atoms with E-state index in [9.17, 15) is 4.79 Å². The Labute approximate surface area is 101 Å². The summed E-state index contributed by atoms with van der Waals surface area (Å²) in [6.07, 6.45) is 0. The summed E-state index contributed by atoms with van der Waals surface area (Å²) in [6.45, 7) is 6.35. The van der Waals surface area contributed by atoms with E-state index in [4.69, 9.17) is 4.42 Å². The number of hydrogen-bond acceptors (Lipinski definition) is 3. The van der Waals surface area contributed by atoms with Crippen LogP contribution in [0.2, 0.25) is 0 Å². The minimum absolute atomic E-state index is 0. The molecule has 1 N–H and O–H groups in total. The Balaban J connectivity index is 0.00000128. The molecule has 2 heterocycles. The van der Waals surface area contributed by atoms with Crippen molar-refractivity contribution in [1.82, 2.24) is 10.2 Å². The molecule has 1 aromatic rings. The number of halogens is 1. The van der Waals surface area contributed by atoms with Crippen LogP contribution in [0.3, 0.4) is 0 Å². The fraction of sp³-hybridized carbons (Fsp3) is 0.545. The lowest BCUT2D eigenvalue weighted by Crippen LogP contribution is -2.52. The molecule has 0 aliphatic carbocycles. The maximum absolute atomic E-state index is 12.0. The number of carbonyl (C=O) groups is 1. The Hall–Kier alpha value is -1.00. The van der Waals surface area contributed by atoms with Gasteiger partial charge in [-0.05, 0) is 26.0 Å². The molecule has 0 radical (unpaired) electrons. The van der Waals surface area contributed by atoms with Gasteiger partial charge in [-0.25, -0.2) is 0 Å². The zero-order valence-electron chi connectivity index (χ0n) is 9.53. The SMILES string of the molecule is Cc1ccc(C(=O)N2CCNC[C@H]2C)o1.Cl. The van der Waals surface area contributed by atoms with Crippen LogP contribution >= 0.6 is 12.4 Å². The Morgan fingerprint density at radius 3 is 2.88 bits per heavy atom. The van der Waals surface area contributed by atoms with Crippen LogP contribution in [-0.2, 0) is 0 Å². The lowest BCUT2D eigenvalue weighted by Gasteiger charge is -2.33. The van der Waals surface area contributed by atoms with Crippen molar-refractivity contribution in [2.75, 3.05) is 19.6 Å².